The number of allylic oxidation sites excluding steroid dienone is 1. The number of aromatic nitrogens is 3. The van der Waals surface area contributed by atoms with Gasteiger partial charge in [-0.1, -0.05) is 12.1 Å². The van der Waals surface area contributed by atoms with Crippen molar-refractivity contribution >= 4 is 34.9 Å². The van der Waals surface area contributed by atoms with Gasteiger partial charge in [0.25, 0.3) is 5.56 Å². The van der Waals surface area contributed by atoms with Crippen LogP contribution in [-0.4, -0.2) is 76.7 Å². The number of benzene rings is 1. The second-order valence-electron chi connectivity index (χ2n) is 10.5. The molecular formula is C30H34FN5O7. The molecule has 1 saturated carbocycles. The minimum absolute atomic E-state index is 0.149. The number of alkyl carbamates (subject to hydrolysis) is 1. The largest absolute Gasteiger partial charge is 0.453 e. The van der Waals surface area contributed by atoms with E-state index in [9.17, 15) is 28.4 Å². The molecule has 12 nitrogen and oxygen atoms in total. The minimum atomic E-state index is -0.972. The van der Waals surface area contributed by atoms with Crippen LogP contribution in [0.25, 0.3) is 11.0 Å². The number of nitrogens with one attached hydrogen (secondary N) is 1. The molecule has 1 aliphatic carbocycles. The summed E-state index contributed by atoms with van der Waals surface area (Å²) in [4.78, 5) is 69.1. The van der Waals surface area contributed by atoms with Gasteiger partial charge in [-0.05, 0) is 55.9 Å². The lowest BCUT2D eigenvalue weighted by atomic mass is 10.0. The monoisotopic (exact) mass is 595 g/mol. The van der Waals surface area contributed by atoms with E-state index in [1.54, 1.807) is 26.2 Å². The lowest BCUT2D eigenvalue weighted by Crippen LogP contribution is -2.42. The van der Waals surface area contributed by atoms with E-state index in [-0.39, 0.29) is 48.8 Å². The van der Waals surface area contributed by atoms with Gasteiger partial charge in [-0.2, -0.15) is 0 Å². The van der Waals surface area contributed by atoms with Crippen LogP contribution in [0.2, 0.25) is 0 Å². The third kappa shape index (κ3) is 8.15. The van der Waals surface area contributed by atoms with Crippen LogP contribution in [0.15, 0.2) is 53.5 Å². The Labute approximate surface area is 247 Å². The molecule has 2 heterocycles. The second-order valence-corrected chi connectivity index (χ2v) is 10.5. The van der Waals surface area contributed by atoms with Crippen LogP contribution in [0.3, 0.4) is 0 Å². The molecule has 0 aliphatic heterocycles. The number of ketones is 1. The zero-order chi connectivity index (χ0) is 31.1. The topological polar surface area (TPSA) is 142 Å². The molecule has 228 valence electrons. The smallest absolute Gasteiger partial charge is 0.420 e. The Morgan fingerprint density at radius 3 is 2.67 bits per heavy atom. The summed E-state index contributed by atoms with van der Waals surface area (Å²) in [5.41, 5.74) is 0.234. The molecule has 4 rings (SSSR count). The van der Waals surface area contributed by atoms with Gasteiger partial charge < -0.3 is 24.3 Å². The number of hydrogen-bond acceptors (Lipinski definition) is 8. The number of methoxy groups -OCH3 is 1. The number of rotatable bonds is 12. The number of imidazole rings is 1. The number of hydrogen-bond donors (Lipinski definition) is 1. The van der Waals surface area contributed by atoms with E-state index in [1.807, 2.05) is 0 Å². The van der Waals surface area contributed by atoms with Gasteiger partial charge in [0.1, 0.15) is 11.6 Å². The number of likely N-dealkylation sites (N-methyl/N-ethyl adjacent to an activating group) is 1. The van der Waals surface area contributed by atoms with Crippen molar-refractivity contribution < 1.29 is 33.0 Å². The second kappa shape index (κ2) is 13.9. The van der Waals surface area contributed by atoms with Gasteiger partial charge in [0, 0.05) is 38.3 Å². The number of carbonyl (C=O) groups is 4. The molecule has 0 bridgehead atoms. The lowest BCUT2D eigenvalue weighted by Gasteiger charge is -2.16. The fourth-order valence-corrected chi connectivity index (χ4v) is 4.37. The van der Waals surface area contributed by atoms with Crippen LogP contribution in [0, 0.1) is 11.7 Å². The highest BCUT2D eigenvalue weighted by atomic mass is 19.1. The van der Waals surface area contributed by atoms with Crippen molar-refractivity contribution in [3.8, 4) is 0 Å². The normalized spacial score (nSPS) is 13.6. The van der Waals surface area contributed by atoms with Crippen LogP contribution >= 0.6 is 0 Å². The number of ether oxygens (including phenoxy) is 2. The Morgan fingerprint density at radius 2 is 1.98 bits per heavy atom. The molecule has 1 N–H and O–H groups in total. The summed E-state index contributed by atoms with van der Waals surface area (Å²) in [7, 11) is 4.40. The highest BCUT2D eigenvalue weighted by Gasteiger charge is 2.26. The van der Waals surface area contributed by atoms with Crippen LogP contribution in [0.5, 0.6) is 0 Å². The van der Waals surface area contributed by atoms with Gasteiger partial charge >= 0.3 is 12.2 Å². The predicted octanol–water partition coefficient (Wildman–Crippen LogP) is 3.04. The Hall–Kier alpha value is -4.81. The van der Waals surface area contributed by atoms with Crippen LogP contribution in [-0.2, 0) is 32.0 Å². The molecule has 1 atom stereocenters. The summed E-state index contributed by atoms with van der Waals surface area (Å²) in [6, 6.07) is 5.95. The van der Waals surface area contributed by atoms with E-state index in [0.29, 0.717) is 17.9 Å². The molecule has 2 aromatic heterocycles. The van der Waals surface area contributed by atoms with E-state index in [4.69, 9.17) is 4.74 Å². The first-order chi connectivity index (χ1) is 20.6. The SMILES string of the molecule is COC(=O)N[C@@H](CC/C=C/C(=O)N(C)C)C(=O)Cc1cccn(Cc2nc3cc(F)ccc3n2C(=O)OCC2CC2)c1=O. The first-order valence-electron chi connectivity index (χ1n) is 13.8. The zero-order valence-electron chi connectivity index (χ0n) is 24.2. The number of nitrogens with zero attached hydrogens (tertiary/aromatic N) is 4. The summed E-state index contributed by atoms with van der Waals surface area (Å²) in [5.74, 6) is -0.688. The number of carbonyl (C=O) groups excluding carboxylic acids is 4. The Morgan fingerprint density at radius 1 is 1.21 bits per heavy atom. The quantitative estimate of drug-likeness (QED) is 0.315. The first-order valence-corrected chi connectivity index (χ1v) is 13.8. The molecule has 43 heavy (non-hydrogen) atoms. The van der Waals surface area contributed by atoms with Gasteiger partial charge in [0.15, 0.2) is 5.78 Å². The van der Waals surface area contributed by atoms with Crippen molar-refractivity contribution in [2.75, 3.05) is 27.8 Å². The molecule has 1 aromatic carbocycles. The summed E-state index contributed by atoms with van der Waals surface area (Å²) < 4.78 is 26.6. The fraction of sp³-hybridized carbons (Fsp3) is 0.400. The predicted molar refractivity (Wildman–Crippen MR) is 154 cm³/mol. The lowest BCUT2D eigenvalue weighted by molar-refractivity contribution is -0.123. The van der Waals surface area contributed by atoms with Gasteiger partial charge in [-0.15, -0.1) is 0 Å². The van der Waals surface area contributed by atoms with Crippen molar-refractivity contribution in [3.05, 3.63) is 76.2 Å². The summed E-state index contributed by atoms with van der Waals surface area (Å²) in [5, 5.41) is 2.49. The minimum Gasteiger partial charge on any atom is -0.453 e. The molecule has 13 heteroatoms. The maximum Gasteiger partial charge on any atom is 0.420 e. The van der Waals surface area contributed by atoms with Crippen LogP contribution in [0.4, 0.5) is 14.0 Å². The molecular weight excluding hydrogens is 561 g/mol. The summed E-state index contributed by atoms with van der Waals surface area (Å²) in [6.45, 7) is 0.115. The van der Waals surface area contributed by atoms with E-state index < -0.39 is 35.4 Å². The van der Waals surface area contributed by atoms with Gasteiger partial charge in [-0.3, -0.25) is 14.4 Å². The zero-order valence-corrected chi connectivity index (χ0v) is 24.2. The number of Topliss-reactive ketones (excluding diaryl/α,β-unsaturated/α-hetero) is 1. The molecule has 0 saturated heterocycles. The van der Waals surface area contributed by atoms with E-state index in [1.165, 1.54) is 57.7 Å². The molecule has 1 aliphatic rings. The molecule has 3 aromatic rings. The van der Waals surface area contributed by atoms with Gasteiger partial charge in [-0.25, -0.2) is 23.5 Å². The van der Waals surface area contributed by atoms with Crippen molar-refractivity contribution in [1.82, 2.24) is 24.3 Å². The first kappa shape index (κ1) is 31.1. The maximum absolute atomic E-state index is 13.9. The summed E-state index contributed by atoms with van der Waals surface area (Å²) >= 11 is 0. The van der Waals surface area contributed by atoms with Crippen molar-refractivity contribution in [3.63, 3.8) is 0 Å². The van der Waals surface area contributed by atoms with Crippen LogP contribution in [0.1, 0.15) is 37.1 Å². The number of halogens is 1. The number of pyridine rings is 1. The average molecular weight is 596 g/mol. The molecule has 0 unspecified atom stereocenters. The van der Waals surface area contributed by atoms with E-state index >= 15 is 0 Å². The molecule has 0 spiro atoms. The highest BCUT2D eigenvalue weighted by Crippen LogP contribution is 2.29. The maximum atomic E-state index is 13.9. The van der Waals surface area contributed by atoms with Gasteiger partial charge in [0.2, 0.25) is 5.91 Å². The third-order valence-corrected chi connectivity index (χ3v) is 6.97. The average Bonchev–Trinajstić information content (AvgIpc) is 3.74. The number of fused-ring (bicyclic) bond motifs is 1. The van der Waals surface area contributed by atoms with E-state index in [2.05, 4.69) is 15.0 Å². The standard InChI is InChI=1S/C30H34FN5O7/c1-34(2)27(38)9-5-4-8-22(33-29(40)42-3)25(37)15-20-7-6-14-35(28(20)39)17-26-32-23-16-21(31)12-13-24(23)36(26)30(41)43-18-19-10-11-19/h5-7,9,12-14,16,19,22H,4,8,10-11,15,17-18H2,1-3H3,(H,33,40)/b9-5+/t22-/m0/s1. The fourth-order valence-electron chi connectivity index (χ4n) is 4.37. The van der Waals surface area contributed by atoms with Crippen molar-refractivity contribution in [1.29, 1.82) is 0 Å². The Bertz CT molecular complexity index is 1610. The third-order valence-electron chi connectivity index (χ3n) is 6.97. The number of amides is 2. The van der Waals surface area contributed by atoms with Crippen molar-refractivity contribution in [2.45, 2.75) is 44.7 Å². The molecule has 0 radical (unpaired) electrons. The molecule has 2 amide bonds. The van der Waals surface area contributed by atoms with Crippen molar-refractivity contribution in [2.24, 2.45) is 5.92 Å². The summed E-state index contributed by atoms with van der Waals surface area (Å²) in [6.07, 6.45) is 5.16. The Balaban J connectivity index is 1.54. The molecule has 1 fully saturated rings. The van der Waals surface area contributed by atoms with Gasteiger partial charge in [0.05, 0.1) is 37.3 Å². The van der Waals surface area contributed by atoms with Crippen LogP contribution < -0.4 is 10.9 Å². The highest BCUT2D eigenvalue weighted by molar-refractivity contribution is 5.89. The Kier molecular flexibility index (Phi) is 10.1. The van der Waals surface area contributed by atoms with E-state index in [0.717, 1.165) is 12.8 Å².